The Hall–Kier alpha value is -2.63. The molecule has 0 aliphatic carbocycles. The van der Waals surface area contributed by atoms with E-state index in [9.17, 15) is 4.79 Å². The molecule has 2 N–H and O–H groups in total. The van der Waals surface area contributed by atoms with Gasteiger partial charge in [-0.2, -0.15) is 0 Å². The van der Waals surface area contributed by atoms with E-state index >= 15 is 0 Å². The van der Waals surface area contributed by atoms with Gasteiger partial charge in [0, 0.05) is 18.9 Å². The summed E-state index contributed by atoms with van der Waals surface area (Å²) in [5, 5.41) is 3.76. The number of hydrogen-bond acceptors (Lipinski definition) is 3. The van der Waals surface area contributed by atoms with Crippen molar-refractivity contribution in [1.82, 2.24) is 14.8 Å². The lowest BCUT2D eigenvalue weighted by atomic mass is 10.2. The number of aryl methyl sites for hydroxylation is 1. The number of anilines is 2. The lowest BCUT2D eigenvalue weighted by Crippen LogP contribution is -2.28. The van der Waals surface area contributed by atoms with Gasteiger partial charge < -0.3 is 14.6 Å². The fourth-order valence-electron chi connectivity index (χ4n) is 2.68. The maximum absolute atomic E-state index is 11.9. The van der Waals surface area contributed by atoms with Gasteiger partial charge >= 0.3 is 0 Å². The van der Waals surface area contributed by atoms with Crippen LogP contribution in [-0.4, -0.2) is 27.9 Å². The van der Waals surface area contributed by atoms with Crippen LogP contribution in [0.2, 0.25) is 0 Å². The van der Waals surface area contributed by atoms with Gasteiger partial charge in [0.1, 0.15) is 6.61 Å². The van der Waals surface area contributed by atoms with Crippen LogP contribution in [0.1, 0.15) is 0 Å². The van der Waals surface area contributed by atoms with Crippen LogP contribution >= 0.6 is 0 Å². The quantitative estimate of drug-likeness (QED) is 0.707. The van der Waals surface area contributed by atoms with Crippen LogP contribution in [0.3, 0.4) is 0 Å². The lowest BCUT2D eigenvalue weighted by molar-refractivity contribution is 0.314. The van der Waals surface area contributed by atoms with E-state index in [0.29, 0.717) is 12.0 Å². The Morgan fingerprint density at radius 1 is 1.30 bits per heavy atom. The van der Waals surface area contributed by atoms with E-state index in [2.05, 4.69) is 15.0 Å². The highest BCUT2D eigenvalue weighted by atomic mass is 16.5. The van der Waals surface area contributed by atoms with Gasteiger partial charge in [-0.25, -0.2) is 0 Å². The molecule has 4 rings (SSSR count). The molecule has 0 amide bonds. The third kappa shape index (κ3) is 1.48. The van der Waals surface area contributed by atoms with Crippen LogP contribution in [0.15, 0.2) is 35.3 Å². The predicted octanol–water partition coefficient (Wildman–Crippen LogP) is 1.73. The second-order valence-electron chi connectivity index (χ2n) is 4.90. The first kappa shape index (κ1) is 11.2. The summed E-state index contributed by atoms with van der Waals surface area (Å²) in [5.74, 6) is 1.81. The molecule has 6 nitrogen and oxygen atoms in total. The van der Waals surface area contributed by atoms with E-state index in [0.717, 1.165) is 29.3 Å². The normalized spacial score (nSPS) is 14.3. The Kier molecular flexibility index (Phi) is 2.20. The van der Waals surface area contributed by atoms with E-state index in [1.54, 1.807) is 7.05 Å². The van der Waals surface area contributed by atoms with E-state index in [1.165, 1.54) is 4.68 Å². The zero-order chi connectivity index (χ0) is 13.7. The topological polar surface area (TPSA) is 66.0 Å². The Bertz CT molecular complexity index is 842. The minimum absolute atomic E-state index is 0.00547. The zero-order valence-electron chi connectivity index (χ0n) is 11.0. The van der Waals surface area contributed by atoms with Crippen molar-refractivity contribution in [2.75, 3.05) is 18.1 Å². The molecule has 1 aromatic carbocycles. The fraction of sp³-hybridized carbons (Fsp3) is 0.214. The standard InChI is InChI=1S/C14H14N4O2/c1-17-14(19)10-3-2-9(8-11(10)16-17)18-6-7-20-12-4-5-15-13(12)18/h2-5,8,15-16H,6-7H2,1H3. The van der Waals surface area contributed by atoms with E-state index in [-0.39, 0.29) is 5.56 Å². The average Bonchev–Trinajstić information content (AvgIpc) is 3.04. The predicted molar refractivity (Wildman–Crippen MR) is 76.8 cm³/mol. The second kappa shape index (κ2) is 3.93. The summed E-state index contributed by atoms with van der Waals surface area (Å²) in [5.41, 5.74) is 1.87. The van der Waals surface area contributed by atoms with Crippen molar-refractivity contribution in [2.24, 2.45) is 7.05 Å². The first-order chi connectivity index (χ1) is 9.74. The summed E-state index contributed by atoms with van der Waals surface area (Å²) in [6.07, 6.45) is 1.87. The van der Waals surface area contributed by atoms with Gasteiger partial charge in [-0.05, 0) is 24.3 Å². The molecule has 0 spiro atoms. The molecule has 20 heavy (non-hydrogen) atoms. The fourth-order valence-corrected chi connectivity index (χ4v) is 2.68. The van der Waals surface area contributed by atoms with E-state index in [1.807, 2.05) is 30.5 Å². The number of nitrogens with zero attached hydrogens (tertiary/aromatic N) is 2. The molecular formula is C14H14N4O2. The number of aromatic amines is 2. The molecule has 0 saturated carbocycles. The number of benzene rings is 1. The molecule has 0 atom stereocenters. The van der Waals surface area contributed by atoms with Crippen molar-refractivity contribution in [3.8, 4) is 5.75 Å². The first-order valence-electron chi connectivity index (χ1n) is 6.50. The third-order valence-electron chi connectivity index (χ3n) is 3.67. The first-order valence-corrected chi connectivity index (χ1v) is 6.50. The highest BCUT2D eigenvalue weighted by molar-refractivity contribution is 5.83. The van der Waals surface area contributed by atoms with Gasteiger partial charge in [-0.15, -0.1) is 0 Å². The summed E-state index contributed by atoms with van der Waals surface area (Å²) in [4.78, 5) is 17.2. The molecule has 2 aromatic heterocycles. The van der Waals surface area contributed by atoms with Gasteiger partial charge in [-0.1, -0.05) is 0 Å². The Morgan fingerprint density at radius 3 is 3.10 bits per heavy atom. The number of rotatable bonds is 1. The number of hydrogen-bond donors (Lipinski definition) is 2. The Morgan fingerprint density at radius 2 is 2.20 bits per heavy atom. The summed E-state index contributed by atoms with van der Waals surface area (Å²) in [7, 11) is 1.72. The van der Waals surface area contributed by atoms with Crippen molar-refractivity contribution < 1.29 is 4.74 Å². The summed E-state index contributed by atoms with van der Waals surface area (Å²) in [6, 6.07) is 7.74. The van der Waals surface area contributed by atoms with E-state index < -0.39 is 0 Å². The van der Waals surface area contributed by atoms with Crippen molar-refractivity contribution in [1.29, 1.82) is 0 Å². The van der Waals surface area contributed by atoms with Crippen LogP contribution in [0.5, 0.6) is 5.75 Å². The second-order valence-corrected chi connectivity index (χ2v) is 4.90. The van der Waals surface area contributed by atoms with Crippen LogP contribution < -0.4 is 15.2 Å². The summed E-state index contributed by atoms with van der Waals surface area (Å²) >= 11 is 0. The maximum Gasteiger partial charge on any atom is 0.274 e. The molecule has 1 aliphatic rings. The summed E-state index contributed by atoms with van der Waals surface area (Å²) < 4.78 is 7.08. The van der Waals surface area contributed by atoms with Gasteiger partial charge in [0.2, 0.25) is 0 Å². The van der Waals surface area contributed by atoms with Crippen LogP contribution in [0, 0.1) is 0 Å². The molecule has 0 radical (unpaired) electrons. The minimum atomic E-state index is -0.00547. The smallest absolute Gasteiger partial charge is 0.274 e. The zero-order valence-corrected chi connectivity index (χ0v) is 11.0. The van der Waals surface area contributed by atoms with Gasteiger partial charge in [-0.3, -0.25) is 14.6 Å². The SMILES string of the molecule is Cn1[nH]c2cc(N3CCOc4cc[nH]c43)ccc2c1=O. The maximum atomic E-state index is 11.9. The third-order valence-corrected chi connectivity index (χ3v) is 3.67. The number of nitrogens with one attached hydrogen (secondary N) is 2. The Balaban J connectivity index is 1.86. The van der Waals surface area contributed by atoms with Crippen molar-refractivity contribution in [3.63, 3.8) is 0 Å². The highest BCUT2D eigenvalue weighted by Crippen LogP contribution is 2.35. The minimum Gasteiger partial charge on any atom is -0.488 e. The molecule has 3 aromatic rings. The monoisotopic (exact) mass is 270 g/mol. The number of fused-ring (bicyclic) bond motifs is 2. The van der Waals surface area contributed by atoms with Crippen molar-refractivity contribution >= 4 is 22.4 Å². The van der Waals surface area contributed by atoms with Crippen LogP contribution in [0.25, 0.3) is 10.9 Å². The molecule has 102 valence electrons. The summed E-state index contributed by atoms with van der Waals surface area (Å²) in [6.45, 7) is 1.42. The lowest BCUT2D eigenvalue weighted by Gasteiger charge is -2.28. The van der Waals surface area contributed by atoms with Crippen LogP contribution in [0.4, 0.5) is 11.5 Å². The Labute approximate surface area is 114 Å². The van der Waals surface area contributed by atoms with Crippen molar-refractivity contribution in [2.45, 2.75) is 0 Å². The number of aromatic nitrogens is 3. The highest BCUT2D eigenvalue weighted by Gasteiger charge is 2.21. The van der Waals surface area contributed by atoms with Crippen molar-refractivity contribution in [3.05, 3.63) is 40.8 Å². The van der Waals surface area contributed by atoms with Gasteiger partial charge in [0.15, 0.2) is 11.6 Å². The molecular weight excluding hydrogens is 256 g/mol. The molecule has 0 unspecified atom stereocenters. The average molecular weight is 270 g/mol. The van der Waals surface area contributed by atoms with Crippen LogP contribution in [-0.2, 0) is 7.05 Å². The number of H-pyrrole nitrogens is 2. The largest absolute Gasteiger partial charge is 0.488 e. The van der Waals surface area contributed by atoms with Gasteiger partial charge in [0.05, 0.1) is 17.4 Å². The molecule has 3 heterocycles. The molecule has 1 aliphatic heterocycles. The number of ether oxygens (including phenoxy) is 1. The van der Waals surface area contributed by atoms with E-state index in [4.69, 9.17) is 4.74 Å². The molecule has 0 bridgehead atoms. The molecule has 6 heteroatoms. The molecule has 0 fully saturated rings. The molecule has 0 saturated heterocycles. The van der Waals surface area contributed by atoms with Gasteiger partial charge in [0.25, 0.3) is 5.56 Å².